The Morgan fingerprint density at radius 3 is 2.62 bits per heavy atom. The van der Waals surface area contributed by atoms with E-state index >= 15 is 0 Å². The first-order chi connectivity index (χ1) is 9.91. The number of hydrogen-bond donors (Lipinski definition) is 1. The third-order valence-corrected chi connectivity index (χ3v) is 7.05. The van der Waals surface area contributed by atoms with E-state index in [0.717, 1.165) is 37.1 Å². The topological polar surface area (TPSA) is 49.4 Å². The molecule has 120 valence electrons. The highest BCUT2D eigenvalue weighted by molar-refractivity contribution is 7.89. The van der Waals surface area contributed by atoms with Gasteiger partial charge in [-0.25, -0.2) is 8.42 Å². The van der Waals surface area contributed by atoms with Gasteiger partial charge in [0.1, 0.15) is 0 Å². The molecule has 1 aliphatic rings. The van der Waals surface area contributed by atoms with Crippen LogP contribution in [0.5, 0.6) is 0 Å². The van der Waals surface area contributed by atoms with Gasteiger partial charge in [-0.05, 0) is 18.9 Å². The van der Waals surface area contributed by atoms with Crippen molar-refractivity contribution in [3.05, 3.63) is 16.3 Å². The van der Waals surface area contributed by atoms with Crippen molar-refractivity contribution >= 4 is 21.4 Å². The molecule has 1 heterocycles. The Kier molecular flexibility index (Phi) is 5.82. The minimum Gasteiger partial charge on any atom is -0.310 e. The number of hydrogen-bond acceptors (Lipinski definition) is 4. The maximum absolute atomic E-state index is 12.7. The molecule has 6 heteroatoms. The van der Waals surface area contributed by atoms with Crippen molar-refractivity contribution in [2.24, 2.45) is 0 Å². The maximum atomic E-state index is 12.7. The number of sulfonamides is 1. The fourth-order valence-electron chi connectivity index (χ4n) is 2.70. The number of thiophene rings is 1. The van der Waals surface area contributed by atoms with Crippen molar-refractivity contribution < 1.29 is 8.42 Å². The third-order valence-electron chi connectivity index (χ3n) is 4.08. The average molecular weight is 331 g/mol. The van der Waals surface area contributed by atoms with Crippen molar-refractivity contribution in [2.75, 3.05) is 7.05 Å². The lowest BCUT2D eigenvalue weighted by Gasteiger charge is -2.30. The molecule has 1 aromatic heterocycles. The van der Waals surface area contributed by atoms with E-state index in [9.17, 15) is 8.42 Å². The summed E-state index contributed by atoms with van der Waals surface area (Å²) in [5.41, 5.74) is 0. The fraction of sp³-hybridized carbons (Fsp3) is 0.733. The van der Waals surface area contributed by atoms with Crippen LogP contribution in [-0.4, -0.2) is 31.9 Å². The monoisotopic (exact) mass is 330 g/mol. The van der Waals surface area contributed by atoms with E-state index in [4.69, 9.17) is 0 Å². The summed E-state index contributed by atoms with van der Waals surface area (Å²) in [4.78, 5) is 1.51. The number of nitrogens with zero attached hydrogens (tertiary/aromatic N) is 1. The van der Waals surface area contributed by atoms with Gasteiger partial charge in [0.05, 0.1) is 4.90 Å². The Morgan fingerprint density at radius 2 is 2.00 bits per heavy atom. The van der Waals surface area contributed by atoms with Crippen LogP contribution in [0.3, 0.4) is 0 Å². The lowest BCUT2D eigenvalue weighted by molar-refractivity contribution is 0.286. The minimum atomic E-state index is -3.34. The summed E-state index contributed by atoms with van der Waals surface area (Å²) in [5, 5.41) is 5.09. The van der Waals surface area contributed by atoms with Crippen LogP contribution < -0.4 is 5.32 Å². The Labute approximate surface area is 132 Å². The molecule has 4 nitrogen and oxygen atoms in total. The Bertz CT molecular complexity index is 546. The van der Waals surface area contributed by atoms with E-state index in [0.29, 0.717) is 10.9 Å². The van der Waals surface area contributed by atoms with Gasteiger partial charge in [0, 0.05) is 35.9 Å². The van der Waals surface area contributed by atoms with Gasteiger partial charge in [-0.15, -0.1) is 11.3 Å². The second kappa shape index (κ2) is 7.22. The van der Waals surface area contributed by atoms with Crippen molar-refractivity contribution in [1.29, 1.82) is 0 Å². The lowest BCUT2D eigenvalue weighted by atomic mass is 9.96. The Balaban J connectivity index is 2.07. The zero-order valence-electron chi connectivity index (χ0n) is 13.1. The zero-order chi connectivity index (χ0) is 15.5. The van der Waals surface area contributed by atoms with Crippen LogP contribution in [0.2, 0.25) is 0 Å². The molecule has 2 rings (SSSR count). The smallest absolute Gasteiger partial charge is 0.243 e. The van der Waals surface area contributed by atoms with Gasteiger partial charge in [0.25, 0.3) is 0 Å². The van der Waals surface area contributed by atoms with Crippen LogP contribution >= 0.6 is 11.3 Å². The first kappa shape index (κ1) is 16.9. The summed E-state index contributed by atoms with van der Waals surface area (Å²) in [5.74, 6) is 0. The highest BCUT2D eigenvalue weighted by Gasteiger charge is 2.29. The molecule has 1 fully saturated rings. The molecule has 0 aromatic carbocycles. The van der Waals surface area contributed by atoms with Crippen LogP contribution in [-0.2, 0) is 16.6 Å². The van der Waals surface area contributed by atoms with Gasteiger partial charge < -0.3 is 5.32 Å². The highest BCUT2D eigenvalue weighted by atomic mass is 32.2. The summed E-state index contributed by atoms with van der Waals surface area (Å²) < 4.78 is 27.0. The van der Waals surface area contributed by atoms with Gasteiger partial charge in [-0.1, -0.05) is 33.1 Å². The van der Waals surface area contributed by atoms with Gasteiger partial charge in [-0.2, -0.15) is 4.31 Å². The Hall–Kier alpha value is -0.430. The highest BCUT2D eigenvalue weighted by Crippen LogP contribution is 2.28. The van der Waals surface area contributed by atoms with E-state index in [-0.39, 0.29) is 6.04 Å². The number of rotatable bonds is 6. The Morgan fingerprint density at radius 1 is 1.33 bits per heavy atom. The molecule has 21 heavy (non-hydrogen) atoms. The first-order valence-electron chi connectivity index (χ1n) is 7.70. The minimum absolute atomic E-state index is 0.167. The normalized spacial score (nSPS) is 17.8. The summed E-state index contributed by atoms with van der Waals surface area (Å²) >= 11 is 1.51. The molecule has 0 radical (unpaired) electrons. The third kappa shape index (κ3) is 4.28. The molecule has 1 aromatic rings. The van der Waals surface area contributed by atoms with Crippen LogP contribution in [0.25, 0.3) is 0 Å². The summed E-state index contributed by atoms with van der Waals surface area (Å²) in [6.45, 7) is 4.90. The van der Waals surface area contributed by atoms with Gasteiger partial charge in [0.2, 0.25) is 10.0 Å². The molecule has 0 unspecified atom stereocenters. The predicted molar refractivity (Wildman–Crippen MR) is 88.1 cm³/mol. The van der Waals surface area contributed by atoms with Gasteiger partial charge >= 0.3 is 0 Å². The summed E-state index contributed by atoms with van der Waals surface area (Å²) in [6, 6.07) is 2.38. The van der Waals surface area contributed by atoms with Gasteiger partial charge in [0.15, 0.2) is 0 Å². The van der Waals surface area contributed by atoms with Crippen molar-refractivity contribution in [1.82, 2.24) is 9.62 Å². The predicted octanol–water partition coefficient (Wildman–Crippen LogP) is 3.20. The van der Waals surface area contributed by atoms with Crippen LogP contribution in [0.1, 0.15) is 50.8 Å². The molecular weight excluding hydrogens is 304 g/mol. The van der Waals surface area contributed by atoms with E-state index < -0.39 is 10.0 Å². The lowest BCUT2D eigenvalue weighted by Crippen LogP contribution is -2.38. The molecule has 0 atom stereocenters. The van der Waals surface area contributed by atoms with Crippen LogP contribution in [0.15, 0.2) is 16.3 Å². The molecule has 0 bridgehead atoms. The van der Waals surface area contributed by atoms with Crippen LogP contribution in [0.4, 0.5) is 0 Å². The summed E-state index contributed by atoms with van der Waals surface area (Å²) in [7, 11) is -1.61. The van der Waals surface area contributed by atoms with Crippen molar-refractivity contribution in [3.63, 3.8) is 0 Å². The largest absolute Gasteiger partial charge is 0.310 e. The van der Waals surface area contributed by atoms with E-state index in [1.54, 1.807) is 16.7 Å². The molecule has 1 aliphatic carbocycles. The van der Waals surface area contributed by atoms with E-state index in [1.807, 2.05) is 6.07 Å². The molecule has 1 N–H and O–H groups in total. The van der Waals surface area contributed by atoms with Crippen molar-refractivity contribution in [3.8, 4) is 0 Å². The quantitative estimate of drug-likeness (QED) is 0.871. The molecule has 0 saturated heterocycles. The van der Waals surface area contributed by atoms with Crippen LogP contribution in [0, 0.1) is 0 Å². The molecule has 0 aliphatic heterocycles. The van der Waals surface area contributed by atoms with E-state index in [1.165, 1.54) is 17.8 Å². The summed E-state index contributed by atoms with van der Waals surface area (Å²) in [6.07, 6.45) is 5.48. The second-order valence-electron chi connectivity index (χ2n) is 6.10. The fourth-order valence-corrected chi connectivity index (χ4v) is 5.33. The van der Waals surface area contributed by atoms with E-state index in [2.05, 4.69) is 19.2 Å². The molecule has 1 saturated carbocycles. The standard InChI is InChI=1S/C15H26N2O2S2/c1-12(2)16-10-14-9-15(11-20-14)21(18,19)17(3)13-7-5-4-6-8-13/h9,11-13,16H,4-8,10H2,1-3H3. The van der Waals surface area contributed by atoms with Gasteiger partial charge in [-0.3, -0.25) is 0 Å². The van der Waals surface area contributed by atoms with Crippen molar-refractivity contribution in [2.45, 2.75) is 69.5 Å². The molecule has 0 amide bonds. The maximum Gasteiger partial charge on any atom is 0.243 e. The molecule has 0 spiro atoms. The first-order valence-corrected chi connectivity index (χ1v) is 10.0. The second-order valence-corrected chi connectivity index (χ2v) is 9.09. The average Bonchev–Trinajstić information content (AvgIpc) is 2.95. The SMILES string of the molecule is CC(C)NCc1cc(S(=O)(=O)N(C)C2CCCCC2)cs1. The molecular formula is C15H26N2O2S2. The zero-order valence-corrected chi connectivity index (χ0v) is 14.8. The number of nitrogens with one attached hydrogen (secondary N) is 1.